The molecule has 0 saturated heterocycles. The molecular weight excluding hydrogens is 484 g/mol. The summed E-state index contributed by atoms with van der Waals surface area (Å²) in [6, 6.07) is 13.9. The van der Waals surface area contributed by atoms with Gasteiger partial charge in [0.15, 0.2) is 0 Å². The highest BCUT2D eigenvalue weighted by atomic mass is 16.6. The first-order chi connectivity index (χ1) is 17.7. The summed E-state index contributed by atoms with van der Waals surface area (Å²) in [6.07, 6.45) is 2.67. The number of hydrazone groups is 2. The maximum Gasteiger partial charge on any atom is 0.271 e. The highest BCUT2D eigenvalue weighted by molar-refractivity contribution is 5.98. The van der Waals surface area contributed by atoms with Crippen LogP contribution in [0.2, 0.25) is 0 Å². The van der Waals surface area contributed by atoms with E-state index in [-0.39, 0.29) is 22.5 Å². The molecule has 0 atom stereocenters. The molecule has 2 N–H and O–H groups in total. The van der Waals surface area contributed by atoms with Crippen molar-refractivity contribution >= 4 is 35.6 Å². The lowest BCUT2D eigenvalue weighted by molar-refractivity contribution is -0.385. The van der Waals surface area contributed by atoms with Crippen molar-refractivity contribution in [3.05, 3.63) is 109 Å². The number of nitro groups is 2. The smallest absolute Gasteiger partial charge is 0.271 e. The van der Waals surface area contributed by atoms with E-state index in [1.165, 1.54) is 55.9 Å². The van der Waals surface area contributed by atoms with Crippen molar-refractivity contribution in [1.29, 1.82) is 0 Å². The van der Waals surface area contributed by atoms with Gasteiger partial charge in [-0.05, 0) is 36.8 Å². The van der Waals surface area contributed by atoms with Crippen molar-refractivity contribution in [3.63, 3.8) is 0 Å². The molecule has 13 heteroatoms. The van der Waals surface area contributed by atoms with Gasteiger partial charge < -0.3 is 4.74 Å². The minimum absolute atomic E-state index is 0.0647. The second-order valence-corrected chi connectivity index (χ2v) is 7.49. The summed E-state index contributed by atoms with van der Waals surface area (Å²) in [6.45, 7) is 1.80. The number of amides is 2. The lowest BCUT2D eigenvalue weighted by Crippen LogP contribution is -2.18. The number of benzene rings is 3. The van der Waals surface area contributed by atoms with Gasteiger partial charge in [0, 0.05) is 46.5 Å². The summed E-state index contributed by atoms with van der Waals surface area (Å²) in [5.74, 6) is -0.943. The highest BCUT2D eigenvalue weighted by Crippen LogP contribution is 2.23. The lowest BCUT2D eigenvalue weighted by Gasteiger charge is -2.10. The summed E-state index contributed by atoms with van der Waals surface area (Å²) in [5, 5.41) is 29.6. The van der Waals surface area contributed by atoms with E-state index in [4.69, 9.17) is 4.74 Å². The quantitative estimate of drug-likeness (QED) is 0.255. The zero-order valence-corrected chi connectivity index (χ0v) is 19.6. The first-order valence-corrected chi connectivity index (χ1v) is 10.5. The molecule has 0 aliphatic rings. The average Bonchev–Trinajstić information content (AvgIpc) is 2.88. The summed E-state index contributed by atoms with van der Waals surface area (Å²) >= 11 is 0. The van der Waals surface area contributed by atoms with Gasteiger partial charge in [0.25, 0.3) is 23.2 Å². The zero-order chi connectivity index (χ0) is 26.9. The largest absolute Gasteiger partial charge is 0.495 e. The van der Waals surface area contributed by atoms with Gasteiger partial charge in [-0.2, -0.15) is 10.2 Å². The van der Waals surface area contributed by atoms with E-state index in [1.807, 2.05) is 0 Å². The van der Waals surface area contributed by atoms with E-state index in [9.17, 15) is 29.8 Å². The molecule has 37 heavy (non-hydrogen) atoms. The van der Waals surface area contributed by atoms with Gasteiger partial charge in [-0.15, -0.1) is 0 Å². The molecule has 3 aromatic carbocycles. The normalized spacial score (nSPS) is 10.9. The molecule has 0 aliphatic carbocycles. The Balaban J connectivity index is 1.74. The Morgan fingerprint density at radius 3 is 1.62 bits per heavy atom. The molecule has 0 saturated carbocycles. The molecule has 2 amide bonds. The Bertz CT molecular complexity index is 1330. The van der Waals surface area contributed by atoms with Gasteiger partial charge in [-0.1, -0.05) is 12.1 Å². The van der Waals surface area contributed by atoms with Crippen molar-refractivity contribution in [3.8, 4) is 5.75 Å². The Labute approximate surface area is 209 Å². The Morgan fingerprint density at radius 2 is 1.24 bits per heavy atom. The number of rotatable bonds is 9. The molecule has 0 radical (unpaired) electrons. The molecule has 0 fully saturated rings. The van der Waals surface area contributed by atoms with Crippen LogP contribution in [0.25, 0.3) is 0 Å². The molecule has 0 spiro atoms. The molecule has 0 unspecified atom stereocenters. The average molecular weight is 504 g/mol. The number of non-ortho nitro benzene ring substituents is 2. The van der Waals surface area contributed by atoms with Crippen LogP contribution in [0, 0.1) is 27.2 Å². The van der Waals surface area contributed by atoms with Crippen LogP contribution in [0.4, 0.5) is 11.4 Å². The third-order valence-electron chi connectivity index (χ3n) is 4.87. The van der Waals surface area contributed by atoms with E-state index in [1.54, 1.807) is 19.1 Å². The van der Waals surface area contributed by atoms with Crippen molar-refractivity contribution in [2.24, 2.45) is 10.2 Å². The third-order valence-corrected chi connectivity index (χ3v) is 4.87. The Kier molecular flexibility index (Phi) is 8.33. The Hall–Kier alpha value is -5.46. The third kappa shape index (κ3) is 6.79. The topological polar surface area (TPSA) is 178 Å². The van der Waals surface area contributed by atoms with E-state index < -0.39 is 21.7 Å². The number of nitro benzene ring substituents is 2. The van der Waals surface area contributed by atoms with Crippen LogP contribution in [0.5, 0.6) is 5.75 Å². The van der Waals surface area contributed by atoms with Crippen LogP contribution >= 0.6 is 0 Å². The summed E-state index contributed by atoms with van der Waals surface area (Å²) in [4.78, 5) is 45.2. The molecule has 0 bridgehead atoms. The SMILES string of the molecule is COc1c(/C=N\NC(=O)c2cccc([N+](=O)[O-])c2)cc(C)cc1/C=N\NC(=O)c1cccc([N+](=O)[O-])c1. The summed E-state index contributed by atoms with van der Waals surface area (Å²) in [5.41, 5.74) is 6.05. The second-order valence-electron chi connectivity index (χ2n) is 7.49. The van der Waals surface area contributed by atoms with Gasteiger partial charge in [-0.25, -0.2) is 10.9 Å². The van der Waals surface area contributed by atoms with Crippen LogP contribution in [0.1, 0.15) is 37.4 Å². The number of nitrogens with zero attached hydrogens (tertiary/aromatic N) is 4. The van der Waals surface area contributed by atoms with E-state index >= 15 is 0 Å². The summed E-state index contributed by atoms with van der Waals surface area (Å²) < 4.78 is 5.44. The maximum atomic E-state index is 12.3. The predicted octanol–water partition coefficient (Wildman–Crippen LogP) is 3.35. The minimum atomic E-state index is -0.641. The highest BCUT2D eigenvalue weighted by Gasteiger charge is 2.13. The van der Waals surface area contributed by atoms with Gasteiger partial charge in [0.1, 0.15) is 5.75 Å². The monoisotopic (exact) mass is 504 g/mol. The van der Waals surface area contributed by atoms with Crippen molar-refractivity contribution < 1.29 is 24.2 Å². The zero-order valence-electron chi connectivity index (χ0n) is 19.6. The summed E-state index contributed by atoms with van der Waals surface area (Å²) in [7, 11) is 1.42. The molecule has 3 aromatic rings. The van der Waals surface area contributed by atoms with Gasteiger partial charge >= 0.3 is 0 Å². The van der Waals surface area contributed by atoms with Crippen molar-refractivity contribution in [2.45, 2.75) is 6.92 Å². The fourth-order valence-corrected chi connectivity index (χ4v) is 3.23. The number of aryl methyl sites for hydroxylation is 1. The van der Waals surface area contributed by atoms with Crippen LogP contribution < -0.4 is 15.6 Å². The molecule has 0 heterocycles. The number of carbonyl (C=O) groups is 2. The molecule has 13 nitrogen and oxygen atoms in total. The molecule has 0 aliphatic heterocycles. The predicted molar refractivity (Wildman–Crippen MR) is 134 cm³/mol. The molecule has 188 valence electrons. The van der Waals surface area contributed by atoms with Crippen LogP contribution in [-0.4, -0.2) is 41.2 Å². The number of hydrogen-bond acceptors (Lipinski definition) is 9. The second kappa shape index (κ2) is 11.8. The number of methoxy groups -OCH3 is 1. The maximum absolute atomic E-state index is 12.3. The number of nitrogens with one attached hydrogen (secondary N) is 2. The van der Waals surface area contributed by atoms with Gasteiger partial charge in [0.2, 0.25) is 0 Å². The minimum Gasteiger partial charge on any atom is -0.495 e. The molecular formula is C24H20N6O7. The van der Waals surface area contributed by atoms with Crippen LogP contribution in [-0.2, 0) is 0 Å². The number of carbonyl (C=O) groups excluding carboxylic acids is 2. The number of ether oxygens (including phenoxy) is 1. The first-order valence-electron chi connectivity index (χ1n) is 10.5. The Morgan fingerprint density at radius 1 is 0.811 bits per heavy atom. The fourth-order valence-electron chi connectivity index (χ4n) is 3.23. The van der Waals surface area contributed by atoms with Crippen LogP contribution in [0.3, 0.4) is 0 Å². The molecule has 3 rings (SSSR count). The van der Waals surface area contributed by atoms with Crippen molar-refractivity contribution in [1.82, 2.24) is 10.9 Å². The van der Waals surface area contributed by atoms with Crippen molar-refractivity contribution in [2.75, 3.05) is 7.11 Å². The molecule has 0 aromatic heterocycles. The van der Waals surface area contributed by atoms with E-state index in [2.05, 4.69) is 21.1 Å². The van der Waals surface area contributed by atoms with Gasteiger partial charge in [0.05, 0.1) is 29.4 Å². The van der Waals surface area contributed by atoms with Crippen LogP contribution in [0.15, 0.2) is 70.9 Å². The van der Waals surface area contributed by atoms with E-state index in [0.29, 0.717) is 16.9 Å². The fraction of sp³-hybridized carbons (Fsp3) is 0.0833. The number of hydrogen-bond donors (Lipinski definition) is 2. The lowest BCUT2D eigenvalue weighted by atomic mass is 10.1. The standard InChI is InChI=1S/C24H20N6O7/c1-15-9-18(13-25-27-23(31)16-5-3-7-20(11-16)29(33)34)22(37-2)19(10-15)14-26-28-24(32)17-6-4-8-21(12-17)30(35)36/h3-14H,1-2H3,(H,27,31)(H,28,32)/b25-13-,26-14-. The van der Waals surface area contributed by atoms with Gasteiger partial charge in [-0.3, -0.25) is 29.8 Å². The van der Waals surface area contributed by atoms with E-state index in [0.717, 1.165) is 17.7 Å². The first kappa shape index (κ1) is 26.2.